The van der Waals surface area contributed by atoms with Crippen molar-refractivity contribution in [3.8, 4) is 11.5 Å². The monoisotopic (exact) mass is 312 g/mol. The number of benzene rings is 2. The summed E-state index contributed by atoms with van der Waals surface area (Å²) in [4.78, 5) is 4.93. The lowest BCUT2D eigenvalue weighted by molar-refractivity contribution is 0.249. The maximum absolute atomic E-state index is 5.35. The van der Waals surface area contributed by atoms with Crippen LogP contribution in [0.25, 0.3) is 0 Å². The molecule has 2 aromatic rings. The van der Waals surface area contributed by atoms with Crippen molar-refractivity contribution in [3.63, 3.8) is 0 Å². The molecule has 0 spiro atoms. The predicted molar refractivity (Wildman–Crippen MR) is 93.5 cm³/mol. The lowest BCUT2D eigenvalue weighted by Gasteiger charge is -2.36. The highest BCUT2D eigenvalue weighted by Crippen LogP contribution is 2.24. The largest absolute Gasteiger partial charge is 0.497 e. The van der Waals surface area contributed by atoms with Crippen molar-refractivity contribution in [2.45, 2.75) is 6.54 Å². The van der Waals surface area contributed by atoms with Crippen LogP contribution in [0.4, 0.5) is 5.69 Å². The van der Waals surface area contributed by atoms with E-state index in [4.69, 9.17) is 9.47 Å². The molecule has 1 aliphatic heterocycles. The van der Waals surface area contributed by atoms with Crippen LogP contribution in [0.3, 0.4) is 0 Å². The topological polar surface area (TPSA) is 24.9 Å². The van der Waals surface area contributed by atoms with Gasteiger partial charge in [-0.15, -0.1) is 0 Å². The molecule has 0 unspecified atom stereocenters. The molecule has 23 heavy (non-hydrogen) atoms. The minimum absolute atomic E-state index is 0.849. The van der Waals surface area contributed by atoms with E-state index in [1.165, 1.54) is 11.3 Å². The molecule has 0 aliphatic carbocycles. The molecule has 0 N–H and O–H groups in total. The van der Waals surface area contributed by atoms with Crippen molar-refractivity contribution in [1.82, 2.24) is 4.90 Å². The fraction of sp³-hybridized carbons (Fsp3) is 0.368. The summed E-state index contributed by atoms with van der Waals surface area (Å²) in [5, 5.41) is 0. The van der Waals surface area contributed by atoms with Crippen molar-refractivity contribution >= 4 is 5.69 Å². The number of piperazine rings is 1. The number of ether oxygens (including phenoxy) is 2. The molecule has 1 saturated heterocycles. The number of methoxy groups -OCH3 is 2. The minimum atomic E-state index is 0.849. The van der Waals surface area contributed by atoms with E-state index in [9.17, 15) is 0 Å². The minimum Gasteiger partial charge on any atom is -0.497 e. The standard InChI is InChI=1S/C19H24N2O2/c1-22-18-12-16(13-19(14-18)23-2)15-20-8-10-21(11-9-20)17-6-4-3-5-7-17/h3-7,12-14H,8-11,15H2,1-2H3. The highest BCUT2D eigenvalue weighted by Gasteiger charge is 2.17. The van der Waals surface area contributed by atoms with Gasteiger partial charge in [-0.05, 0) is 29.8 Å². The second-order valence-electron chi connectivity index (χ2n) is 5.82. The summed E-state index contributed by atoms with van der Waals surface area (Å²) >= 11 is 0. The molecular weight excluding hydrogens is 288 g/mol. The molecule has 0 saturated carbocycles. The first-order chi connectivity index (χ1) is 11.3. The smallest absolute Gasteiger partial charge is 0.122 e. The fourth-order valence-electron chi connectivity index (χ4n) is 3.02. The SMILES string of the molecule is COc1cc(CN2CCN(c3ccccc3)CC2)cc(OC)c1. The Bertz CT molecular complexity index is 600. The Hall–Kier alpha value is -2.20. The molecule has 3 rings (SSSR count). The summed E-state index contributed by atoms with van der Waals surface area (Å²) in [5.74, 6) is 1.70. The van der Waals surface area contributed by atoms with E-state index in [2.05, 4.69) is 52.3 Å². The molecular formula is C19H24N2O2. The molecule has 4 nitrogen and oxygen atoms in total. The predicted octanol–water partition coefficient (Wildman–Crippen LogP) is 3.03. The van der Waals surface area contributed by atoms with E-state index in [0.717, 1.165) is 44.2 Å². The Morgan fingerprint density at radius 1 is 0.826 bits per heavy atom. The van der Waals surface area contributed by atoms with Crippen molar-refractivity contribution in [2.75, 3.05) is 45.3 Å². The Kier molecular flexibility index (Phi) is 5.03. The van der Waals surface area contributed by atoms with Gasteiger partial charge in [0.15, 0.2) is 0 Å². The lowest BCUT2D eigenvalue weighted by Crippen LogP contribution is -2.45. The fourth-order valence-corrected chi connectivity index (χ4v) is 3.02. The summed E-state index contributed by atoms with van der Waals surface area (Å²) in [7, 11) is 3.38. The van der Waals surface area contributed by atoms with Gasteiger partial charge in [0.2, 0.25) is 0 Å². The van der Waals surface area contributed by atoms with Gasteiger partial charge in [-0.2, -0.15) is 0 Å². The molecule has 0 amide bonds. The summed E-state index contributed by atoms with van der Waals surface area (Å²) in [6, 6.07) is 16.7. The van der Waals surface area contributed by atoms with Crippen LogP contribution in [0.2, 0.25) is 0 Å². The van der Waals surface area contributed by atoms with Crippen molar-refractivity contribution in [3.05, 3.63) is 54.1 Å². The van der Waals surface area contributed by atoms with Gasteiger partial charge in [-0.25, -0.2) is 0 Å². The first-order valence-corrected chi connectivity index (χ1v) is 8.03. The maximum atomic E-state index is 5.35. The maximum Gasteiger partial charge on any atom is 0.122 e. The summed E-state index contributed by atoms with van der Waals surface area (Å²) in [6.07, 6.45) is 0. The first kappa shape index (κ1) is 15.7. The second-order valence-corrected chi connectivity index (χ2v) is 5.82. The molecule has 1 fully saturated rings. The summed E-state index contributed by atoms with van der Waals surface area (Å²) in [6.45, 7) is 5.18. The number of anilines is 1. The molecule has 0 radical (unpaired) electrons. The zero-order valence-corrected chi connectivity index (χ0v) is 13.9. The van der Waals surface area contributed by atoms with Gasteiger partial charge in [-0.1, -0.05) is 18.2 Å². The molecule has 1 aliphatic rings. The highest BCUT2D eigenvalue weighted by atomic mass is 16.5. The number of hydrogen-bond acceptors (Lipinski definition) is 4. The van der Waals surface area contributed by atoms with Crippen LogP contribution in [-0.2, 0) is 6.54 Å². The van der Waals surface area contributed by atoms with Crippen molar-refractivity contribution < 1.29 is 9.47 Å². The van der Waals surface area contributed by atoms with Crippen LogP contribution in [-0.4, -0.2) is 45.3 Å². The van der Waals surface area contributed by atoms with Gasteiger partial charge in [0, 0.05) is 44.5 Å². The van der Waals surface area contributed by atoms with E-state index >= 15 is 0 Å². The molecule has 0 aromatic heterocycles. The van der Waals surface area contributed by atoms with Crippen LogP contribution < -0.4 is 14.4 Å². The van der Waals surface area contributed by atoms with Crippen molar-refractivity contribution in [1.29, 1.82) is 0 Å². The Balaban J connectivity index is 1.60. The van der Waals surface area contributed by atoms with E-state index in [1.807, 2.05) is 6.07 Å². The zero-order chi connectivity index (χ0) is 16.1. The van der Waals surface area contributed by atoms with Crippen LogP contribution in [0.15, 0.2) is 48.5 Å². The van der Waals surface area contributed by atoms with Crippen LogP contribution in [0.5, 0.6) is 11.5 Å². The third-order valence-electron chi connectivity index (χ3n) is 4.31. The summed E-state index contributed by atoms with van der Waals surface area (Å²) < 4.78 is 10.7. The molecule has 122 valence electrons. The van der Waals surface area contributed by atoms with E-state index < -0.39 is 0 Å². The van der Waals surface area contributed by atoms with E-state index in [0.29, 0.717) is 0 Å². The van der Waals surface area contributed by atoms with Crippen LogP contribution in [0, 0.1) is 0 Å². The summed E-state index contributed by atoms with van der Waals surface area (Å²) in [5.41, 5.74) is 2.55. The number of hydrogen-bond donors (Lipinski definition) is 0. The number of para-hydroxylation sites is 1. The van der Waals surface area contributed by atoms with E-state index in [-0.39, 0.29) is 0 Å². The zero-order valence-electron chi connectivity index (χ0n) is 13.9. The average molecular weight is 312 g/mol. The molecule has 4 heteroatoms. The van der Waals surface area contributed by atoms with Gasteiger partial charge in [-0.3, -0.25) is 4.90 Å². The van der Waals surface area contributed by atoms with Crippen LogP contribution in [0.1, 0.15) is 5.56 Å². The molecule has 0 atom stereocenters. The third kappa shape index (κ3) is 3.96. The molecule has 2 aromatic carbocycles. The van der Waals surface area contributed by atoms with Gasteiger partial charge >= 0.3 is 0 Å². The van der Waals surface area contributed by atoms with Gasteiger partial charge in [0.05, 0.1) is 14.2 Å². The Morgan fingerprint density at radius 3 is 2.00 bits per heavy atom. The highest BCUT2D eigenvalue weighted by molar-refractivity contribution is 5.46. The average Bonchev–Trinajstić information content (AvgIpc) is 2.62. The Labute approximate surface area is 138 Å². The van der Waals surface area contributed by atoms with Gasteiger partial charge in [0.25, 0.3) is 0 Å². The van der Waals surface area contributed by atoms with Crippen molar-refractivity contribution in [2.24, 2.45) is 0 Å². The lowest BCUT2D eigenvalue weighted by atomic mass is 10.1. The number of nitrogens with zero attached hydrogens (tertiary/aromatic N) is 2. The van der Waals surface area contributed by atoms with Gasteiger partial charge in [0.1, 0.15) is 11.5 Å². The van der Waals surface area contributed by atoms with Crippen LogP contribution >= 0.6 is 0 Å². The van der Waals surface area contributed by atoms with E-state index in [1.54, 1.807) is 14.2 Å². The third-order valence-corrected chi connectivity index (χ3v) is 4.31. The first-order valence-electron chi connectivity index (χ1n) is 8.03. The Morgan fingerprint density at radius 2 is 1.43 bits per heavy atom. The number of rotatable bonds is 5. The molecule has 1 heterocycles. The second kappa shape index (κ2) is 7.38. The normalized spacial score (nSPS) is 15.5. The molecule has 0 bridgehead atoms. The quantitative estimate of drug-likeness (QED) is 0.847. The van der Waals surface area contributed by atoms with Gasteiger partial charge < -0.3 is 14.4 Å².